The summed E-state index contributed by atoms with van der Waals surface area (Å²) in [6, 6.07) is 4.31. The van der Waals surface area contributed by atoms with Crippen molar-refractivity contribution in [2.24, 2.45) is 17.8 Å². The molecule has 1 heterocycles. The number of morpholine rings is 1. The number of rotatable bonds is 6. The van der Waals surface area contributed by atoms with Gasteiger partial charge in [0.05, 0.1) is 23.0 Å². The molecule has 2 bridgehead atoms. The van der Waals surface area contributed by atoms with Gasteiger partial charge in [-0.15, -0.1) is 0 Å². The number of anilines is 1. The van der Waals surface area contributed by atoms with Crippen LogP contribution in [0.4, 0.5) is 11.4 Å². The molecule has 3 aliphatic rings. The zero-order chi connectivity index (χ0) is 19.9. The van der Waals surface area contributed by atoms with Gasteiger partial charge in [0.2, 0.25) is 10.0 Å². The van der Waals surface area contributed by atoms with Crippen molar-refractivity contribution in [1.29, 1.82) is 0 Å². The minimum Gasteiger partial charge on any atom is -0.379 e. The predicted octanol–water partition coefficient (Wildman–Crippen LogP) is 2.85. The zero-order valence-electron chi connectivity index (χ0n) is 16.0. The molecule has 2 aliphatic carbocycles. The highest BCUT2D eigenvalue weighted by molar-refractivity contribution is 7.89. The first-order valence-corrected chi connectivity index (χ1v) is 11.4. The Balaban J connectivity index is 1.56. The third-order valence-electron chi connectivity index (χ3n) is 6.59. The highest BCUT2D eigenvalue weighted by Crippen LogP contribution is 2.50. The molecule has 1 saturated heterocycles. The fourth-order valence-electron chi connectivity index (χ4n) is 5.14. The van der Waals surface area contributed by atoms with Crippen molar-refractivity contribution >= 4 is 21.4 Å². The van der Waals surface area contributed by atoms with Gasteiger partial charge in [-0.25, -0.2) is 8.42 Å². The number of nitrogens with zero attached hydrogens (tertiary/aromatic N) is 2. The van der Waals surface area contributed by atoms with Crippen LogP contribution in [0, 0.1) is 27.9 Å². The quantitative estimate of drug-likeness (QED) is 0.573. The van der Waals surface area contributed by atoms with Crippen molar-refractivity contribution < 1.29 is 18.1 Å². The number of nitro benzene ring substituents is 1. The molecule has 8 nitrogen and oxygen atoms in total. The van der Waals surface area contributed by atoms with Crippen molar-refractivity contribution in [3.05, 3.63) is 28.3 Å². The predicted molar refractivity (Wildman–Crippen MR) is 105 cm³/mol. The number of hydrogen-bond acceptors (Lipinski definition) is 6. The molecule has 9 heteroatoms. The number of sulfonamides is 1. The molecule has 0 radical (unpaired) electrons. The van der Waals surface area contributed by atoms with E-state index in [0.717, 1.165) is 5.92 Å². The van der Waals surface area contributed by atoms with Gasteiger partial charge in [-0.1, -0.05) is 6.42 Å². The monoisotopic (exact) mass is 409 g/mol. The minimum absolute atomic E-state index is 0.0424. The number of ether oxygens (including phenoxy) is 1. The Bertz CT molecular complexity index is 853. The summed E-state index contributed by atoms with van der Waals surface area (Å²) < 4.78 is 32.2. The molecule has 1 aromatic rings. The van der Waals surface area contributed by atoms with Crippen LogP contribution in [0.15, 0.2) is 23.1 Å². The summed E-state index contributed by atoms with van der Waals surface area (Å²) in [7, 11) is -3.76. The number of benzene rings is 1. The summed E-state index contributed by atoms with van der Waals surface area (Å²) in [5.74, 6) is 2.03. The van der Waals surface area contributed by atoms with Crippen LogP contribution in [0.3, 0.4) is 0 Å². The lowest BCUT2D eigenvalue weighted by Crippen LogP contribution is -2.40. The maximum atomic E-state index is 12.8. The van der Waals surface area contributed by atoms with Crippen molar-refractivity contribution in [2.45, 2.75) is 43.5 Å². The molecular formula is C19H27N3O5S. The lowest BCUT2D eigenvalue weighted by Gasteiger charge is -2.29. The van der Waals surface area contributed by atoms with E-state index in [9.17, 15) is 18.5 Å². The minimum atomic E-state index is -3.76. The van der Waals surface area contributed by atoms with Crippen LogP contribution in [-0.4, -0.2) is 50.0 Å². The van der Waals surface area contributed by atoms with Crippen molar-refractivity contribution in [1.82, 2.24) is 4.31 Å². The average molecular weight is 410 g/mol. The Morgan fingerprint density at radius 2 is 2.00 bits per heavy atom. The van der Waals surface area contributed by atoms with E-state index < -0.39 is 14.9 Å². The van der Waals surface area contributed by atoms with Gasteiger partial charge in [-0.05, 0) is 56.1 Å². The summed E-state index contributed by atoms with van der Waals surface area (Å²) in [6.07, 6.45) is 5.01. The van der Waals surface area contributed by atoms with Crippen LogP contribution < -0.4 is 5.32 Å². The molecular weight excluding hydrogens is 382 g/mol. The smallest absolute Gasteiger partial charge is 0.293 e. The highest BCUT2D eigenvalue weighted by Gasteiger charge is 2.42. The first kappa shape index (κ1) is 19.6. The third kappa shape index (κ3) is 3.62. The molecule has 4 atom stereocenters. The van der Waals surface area contributed by atoms with E-state index >= 15 is 0 Å². The van der Waals surface area contributed by atoms with Crippen LogP contribution in [-0.2, 0) is 14.8 Å². The zero-order valence-corrected chi connectivity index (χ0v) is 16.9. The van der Waals surface area contributed by atoms with E-state index in [-0.39, 0.29) is 29.7 Å². The number of nitro groups is 1. The summed E-state index contributed by atoms with van der Waals surface area (Å²) >= 11 is 0. The van der Waals surface area contributed by atoms with E-state index in [2.05, 4.69) is 12.2 Å². The average Bonchev–Trinajstić information content (AvgIpc) is 3.32. The van der Waals surface area contributed by atoms with E-state index in [1.165, 1.54) is 48.2 Å². The first-order valence-electron chi connectivity index (χ1n) is 9.99. The molecule has 1 N–H and O–H groups in total. The van der Waals surface area contributed by atoms with Gasteiger partial charge in [0.25, 0.3) is 5.69 Å². The molecule has 1 aromatic carbocycles. The lowest BCUT2D eigenvalue weighted by atomic mass is 9.84. The van der Waals surface area contributed by atoms with Crippen molar-refractivity contribution in [3.63, 3.8) is 0 Å². The van der Waals surface area contributed by atoms with Gasteiger partial charge in [0, 0.05) is 25.2 Å². The Morgan fingerprint density at radius 3 is 2.61 bits per heavy atom. The molecule has 0 spiro atoms. The second-order valence-corrected chi connectivity index (χ2v) is 10.2. The summed E-state index contributed by atoms with van der Waals surface area (Å²) in [5.41, 5.74) is 0.200. The maximum Gasteiger partial charge on any atom is 0.293 e. The second-order valence-electron chi connectivity index (χ2n) is 8.22. The Labute approximate surface area is 165 Å². The summed E-state index contributed by atoms with van der Waals surface area (Å²) in [6.45, 7) is 3.27. The van der Waals surface area contributed by atoms with Crippen molar-refractivity contribution in [2.75, 3.05) is 31.6 Å². The van der Waals surface area contributed by atoms with Gasteiger partial charge in [-0.3, -0.25) is 10.1 Å². The van der Waals surface area contributed by atoms with Crippen LogP contribution in [0.25, 0.3) is 0 Å². The van der Waals surface area contributed by atoms with Crippen LogP contribution >= 0.6 is 0 Å². The molecule has 0 amide bonds. The van der Waals surface area contributed by atoms with E-state index in [0.29, 0.717) is 30.7 Å². The fraction of sp³-hybridized carbons (Fsp3) is 0.684. The number of nitrogens with one attached hydrogen (secondary N) is 1. The third-order valence-corrected chi connectivity index (χ3v) is 8.49. The van der Waals surface area contributed by atoms with Gasteiger partial charge >= 0.3 is 0 Å². The molecule has 4 rings (SSSR count). The van der Waals surface area contributed by atoms with E-state index in [4.69, 9.17) is 4.74 Å². The van der Waals surface area contributed by atoms with E-state index in [1.54, 1.807) is 0 Å². The number of hydrogen-bond donors (Lipinski definition) is 1. The molecule has 0 unspecified atom stereocenters. The standard InChI is InChI=1S/C19H27N3O5S/c1-13(17-11-14-2-3-15(17)10-14)20-18-5-4-16(12-19(18)22(23)24)28(25,26)21-6-8-27-9-7-21/h4-5,12-15,17,20H,2-3,6-11H2,1H3/t13-,14+,15+,17+/m1/s1. The molecule has 154 valence electrons. The van der Waals surface area contributed by atoms with Crippen molar-refractivity contribution in [3.8, 4) is 0 Å². The lowest BCUT2D eigenvalue weighted by molar-refractivity contribution is -0.384. The largest absolute Gasteiger partial charge is 0.379 e. The first-order chi connectivity index (χ1) is 13.4. The number of fused-ring (bicyclic) bond motifs is 2. The molecule has 3 fully saturated rings. The van der Waals surface area contributed by atoms with Crippen LogP contribution in [0.5, 0.6) is 0 Å². The van der Waals surface area contributed by atoms with Crippen LogP contribution in [0.1, 0.15) is 32.6 Å². The SMILES string of the molecule is C[C@@H](Nc1ccc(S(=O)(=O)N2CCOCC2)cc1[N+](=O)[O-])[C@@H]1C[C@H]2CC[C@H]1C2. The van der Waals surface area contributed by atoms with Gasteiger partial charge in [0.1, 0.15) is 5.69 Å². The topological polar surface area (TPSA) is 102 Å². The maximum absolute atomic E-state index is 12.8. The van der Waals surface area contributed by atoms with Gasteiger partial charge < -0.3 is 10.1 Å². The normalized spacial score (nSPS) is 29.0. The fourth-order valence-corrected chi connectivity index (χ4v) is 6.57. The summed E-state index contributed by atoms with van der Waals surface area (Å²) in [5, 5.41) is 15.0. The Kier molecular flexibility index (Phi) is 5.32. The Hall–Kier alpha value is -1.71. The molecule has 1 aliphatic heterocycles. The molecule has 2 saturated carbocycles. The highest BCUT2D eigenvalue weighted by atomic mass is 32.2. The van der Waals surface area contributed by atoms with Crippen LogP contribution in [0.2, 0.25) is 0 Å². The molecule has 0 aromatic heterocycles. The van der Waals surface area contributed by atoms with Gasteiger partial charge in [-0.2, -0.15) is 4.31 Å². The second kappa shape index (κ2) is 7.61. The van der Waals surface area contributed by atoms with E-state index in [1.807, 2.05) is 0 Å². The van der Waals surface area contributed by atoms with Gasteiger partial charge in [0.15, 0.2) is 0 Å². The molecule has 28 heavy (non-hydrogen) atoms. The Morgan fingerprint density at radius 1 is 1.25 bits per heavy atom. The summed E-state index contributed by atoms with van der Waals surface area (Å²) in [4.78, 5) is 11.1.